The number of rotatable bonds is 8. The number of hydrogen-bond acceptors (Lipinski definition) is 3. The Hall–Kier alpha value is -0.490. The summed E-state index contributed by atoms with van der Waals surface area (Å²) >= 11 is 3.28. The van der Waals surface area contributed by atoms with Crippen molar-refractivity contribution < 1.29 is 19.0 Å². The second-order valence-corrected chi connectivity index (χ2v) is 4.84. The quantitative estimate of drug-likeness (QED) is 0.748. The molecular formula is C13H18BrFO3. The molecule has 18 heavy (non-hydrogen) atoms. The van der Waals surface area contributed by atoms with Crippen LogP contribution in [-0.2, 0) is 15.9 Å². The molecule has 1 aromatic carbocycles. The maximum atomic E-state index is 12.9. The summed E-state index contributed by atoms with van der Waals surface area (Å²) in [6.45, 7) is 1.58. The van der Waals surface area contributed by atoms with Crippen molar-refractivity contribution in [1.82, 2.24) is 0 Å². The lowest BCUT2D eigenvalue weighted by Crippen LogP contribution is -2.15. The number of ether oxygens (including phenoxy) is 2. The maximum Gasteiger partial charge on any atom is 0.124 e. The second kappa shape index (κ2) is 8.58. The third-order valence-corrected chi connectivity index (χ3v) is 3.24. The molecule has 5 heteroatoms. The van der Waals surface area contributed by atoms with Crippen molar-refractivity contribution in [2.45, 2.75) is 18.9 Å². The lowest BCUT2D eigenvalue weighted by molar-refractivity contribution is 0.0479. The van der Waals surface area contributed by atoms with E-state index in [-0.39, 0.29) is 5.82 Å². The van der Waals surface area contributed by atoms with Crippen LogP contribution in [0.5, 0.6) is 0 Å². The van der Waals surface area contributed by atoms with E-state index in [0.29, 0.717) is 37.1 Å². The molecule has 1 unspecified atom stereocenters. The number of halogens is 2. The molecular weight excluding hydrogens is 303 g/mol. The molecule has 1 atom stereocenters. The number of methoxy groups -OCH3 is 1. The van der Waals surface area contributed by atoms with E-state index in [2.05, 4.69) is 15.9 Å². The highest BCUT2D eigenvalue weighted by Gasteiger charge is 2.09. The van der Waals surface area contributed by atoms with Crippen molar-refractivity contribution in [2.75, 3.05) is 26.9 Å². The topological polar surface area (TPSA) is 38.7 Å². The van der Waals surface area contributed by atoms with E-state index in [1.165, 1.54) is 12.1 Å². The van der Waals surface area contributed by atoms with E-state index >= 15 is 0 Å². The van der Waals surface area contributed by atoms with Gasteiger partial charge in [0.05, 0.1) is 19.3 Å². The van der Waals surface area contributed by atoms with Gasteiger partial charge in [-0.25, -0.2) is 4.39 Å². The van der Waals surface area contributed by atoms with Crippen LogP contribution in [0.3, 0.4) is 0 Å². The highest BCUT2D eigenvalue weighted by atomic mass is 79.9. The monoisotopic (exact) mass is 320 g/mol. The molecule has 0 aliphatic carbocycles. The second-order valence-electron chi connectivity index (χ2n) is 3.99. The summed E-state index contributed by atoms with van der Waals surface area (Å²) in [5, 5.41) is 9.83. The molecule has 1 rings (SSSR count). The van der Waals surface area contributed by atoms with Gasteiger partial charge >= 0.3 is 0 Å². The molecule has 1 aromatic rings. The fourth-order valence-corrected chi connectivity index (χ4v) is 2.02. The van der Waals surface area contributed by atoms with Gasteiger partial charge in [0.25, 0.3) is 0 Å². The molecule has 3 nitrogen and oxygen atoms in total. The van der Waals surface area contributed by atoms with Crippen molar-refractivity contribution in [2.24, 2.45) is 0 Å². The van der Waals surface area contributed by atoms with Crippen LogP contribution in [0.2, 0.25) is 0 Å². The highest BCUT2D eigenvalue weighted by Crippen LogP contribution is 2.20. The molecule has 0 aliphatic rings. The SMILES string of the molecule is COCCOCCC(O)Cc1ccc(F)cc1Br. The van der Waals surface area contributed by atoms with E-state index < -0.39 is 6.10 Å². The van der Waals surface area contributed by atoms with Gasteiger partial charge in [-0.05, 0) is 30.5 Å². The number of hydrogen-bond donors (Lipinski definition) is 1. The Bertz CT molecular complexity index is 360. The average molecular weight is 321 g/mol. The van der Waals surface area contributed by atoms with Gasteiger partial charge in [0, 0.05) is 18.2 Å². The van der Waals surface area contributed by atoms with Crippen LogP contribution in [0.4, 0.5) is 4.39 Å². The van der Waals surface area contributed by atoms with Gasteiger partial charge in [-0.1, -0.05) is 22.0 Å². The molecule has 0 spiro atoms. The molecule has 0 aromatic heterocycles. The first-order valence-electron chi connectivity index (χ1n) is 5.82. The molecule has 0 aliphatic heterocycles. The van der Waals surface area contributed by atoms with Crippen molar-refractivity contribution in [3.8, 4) is 0 Å². The van der Waals surface area contributed by atoms with E-state index in [4.69, 9.17) is 9.47 Å². The van der Waals surface area contributed by atoms with Gasteiger partial charge in [0.1, 0.15) is 5.82 Å². The standard InChI is InChI=1S/C13H18BrFO3/c1-17-6-7-18-5-4-12(16)8-10-2-3-11(15)9-13(10)14/h2-3,9,12,16H,4-8H2,1H3. The van der Waals surface area contributed by atoms with E-state index in [1.807, 2.05) is 0 Å². The minimum Gasteiger partial charge on any atom is -0.393 e. The molecule has 0 heterocycles. The molecule has 102 valence electrons. The van der Waals surface area contributed by atoms with Crippen LogP contribution in [-0.4, -0.2) is 38.1 Å². The molecule has 0 bridgehead atoms. The Labute approximate surface area is 115 Å². The summed E-state index contributed by atoms with van der Waals surface area (Å²) in [6, 6.07) is 4.47. The van der Waals surface area contributed by atoms with Crippen molar-refractivity contribution in [3.63, 3.8) is 0 Å². The van der Waals surface area contributed by atoms with Crippen LogP contribution in [0.15, 0.2) is 22.7 Å². The highest BCUT2D eigenvalue weighted by molar-refractivity contribution is 9.10. The predicted molar refractivity (Wildman–Crippen MR) is 71.1 cm³/mol. The Kier molecular flexibility index (Phi) is 7.42. The molecule has 0 radical (unpaired) electrons. The lowest BCUT2D eigenvalue weighted by atomic mass is 10.1. The zero-order valence-corrected chi connectivity index (χ0v) is 12.0. The van der Waals surface area contributed by atoms with Crippen molar-refractivity contribution in [1.29, 1.82) is 0 Å². The third-order valence-electron chi connectivity index (χ3n) is 2.50. The number of benzene rings is 1. The van der Waals surface area contributed by atoms with Crippen molar-refractivity contribution in [3.05, 3.63) is 34.1 Å². The summed E-state index contributed by atoms with van der Waals surface area (Å²) in [4.78, 5) is 0. The van der Waals surface area contributed by atoms with Crippen molar-refractivity contribution >= 4 is 15.9 Å². The number of aliphatic hydroxyl groups excluding tert-OH is 1. The summed E-state index contributed by atoms with van der Waals surface area (Å²) in [5.41, 5.74) is 0.890. The van der Waals surface area contributed by atoms with Gasteiger partial charge < -0.3 is 14.6 Å². The van der Waals surface area contributed by atoms with Gasteiger partial charge in [-0.15, -0.1) is 0 Å². The first kappa shape index (κ1) is 15.6. The summed E-state index contributed by atoms with van der Waals surface area (Å²) in [7, 11) is 1.62. The molecule has 0 saturated carbocycles. The maximum absolute atomic E-state index is 12.9. The Morgan fingerprint density at radius 1 is 1.33 bits per heavy atom. The smallest absolute Gasteiger partial charge is 0.124 e. The minimum atomic E-state index is -0.491. The average Bonchev–Trinajstić information content (AvgIpc) is 2.32. The molecule has 0 fully saturated rings. The zero-order valence-electron chi connectivity index (χ0n) is 10.4. The predicted octanol–water partition coefficient (Wildman–Crippen LogP) is 2.54. The normalized spacial score (nSPS) is 12.7. The van der Waals surface area contributed by atoms with E-state index in [9.17, 15) is 9.50 Å². The first-order chi connectivity index (χ1) is 8.63. The first-order valence-corrected chi connectivity index (χ1v) is 6.61. The summed E-state index contributed by atoms with van der Waals surface area (Å²) in [5.74, 6) is -0.289. The Morgan fingerprint density at radius 2 is 2.11 bits per heavy atom. The minimum absolute atomic E-state index is 0.289. The van der Waals surface area contributed by atoms with Gasteiger partial charge in [-0.2, -0.15) is 0 Å². The zero-order chi connectivity index (χ0) is 13.4. The fraction of sp³-hybridized carbons (Fsp3) is 0.538. The van der Waals surface area contributed by atoms with Crippen LogP contribution >= 0.6 is 15.9 Å². The van der Waals surface area contributed by atoms with Gasteiger partial charge in [0.15, 0.2) is 0 Å². The Balaban J connectivity index is 2.28. The summed E-state index contributed by atoms with van der Waals surface area (Å²) < 4.78 is 23.7. The van der Waals surface area contributed by atoms with E-state index in [0.717, 1.165) is 5.56 Å². The van der Waals surface area contributed by atoms with Crippen LogP contribution in [0, 0.1) is 5.82 Å². The molecule has 0 amide bonds. The van der Waals surface area contributed by atoms with Crippen LogP contribution in [0.1, 0.15) is 12.0 Å². The lowest BCUT2D eigenvalue weighted by Gasteiger charge is -2.12. The van der Waals surface area contributed by atoms with Gasteiger partial charge in [-0.3, -0.25) is 0 Å². The van der Waals surface area contributed by atoms with Crippen LogP contribution in [0.25, 0.3) is 0 Å². The molecule has 1 N–H and O–H groups in total. The van der Waals surface area contributed by atoms with Crippen LogP contribution < -0.4 is 0 Å². The largest absolute Gasteiger partial charge is 0.393 e. The third kappa shape index (κ3) is 5.91. The molecule has 0 saturated heterocycles. The fourth-order valence-electron chi connectivity index (χ4n) is 1.51. The Morgan fingerprint density at radius 3 is 2.78 bits per heavy atom. The van der Waals surface area contributed by atoms with Gasteiger partial charge in [0.2, 0.25) is 0 Å². The number of aliphatic hydroxyl groups is 1. The summed E-state index contributed by atoms with van der Waals surface area (Å²) in [6.07, 6.45) is 0.538. The van der Waals surface area contributed by atoms with E-state index in [1.54, 1.807) is 13.2 Å².